The minimum atomic E-state index is -4.15. The van der Waals surface area contributed by atoms with Crippen LogP contribution in [-0.2, 0) is 5.54 Å². The molecule has 0 saturated carbocycles. The molecule has 1 saturated heterocycles. The van der Waals surface area contributed by atoms with Gasteiger partial charge in [-0.15, -0.1) is 0 Å². The number of nitrogens with zero attached hydrogens (tertiary/aromatic N) is 1. The lowest BCUT2D eigenvalue weighted by molar-refractivity contribution is -0.157. The van der Waals surface area contributed by atoms with Crippen LogP contribution in [0.25, 0.3) is 0 Å². The van der Waals surface area contributed by atoms with Gasteiger partial charge in [-0.1, -0.05) is 43.7 Å². The molecule has 5 heteroatoms. The van der Waals surface area contributed by atoms with Crippen molar-refractivity contribution in [3.05, 3.63) is 35.9 Å². The van der Waals surface area contributed by atoms with Gasteiger partial charge in [0.25, 0.3) is 0 Å². The second-order valence-electron chi connectivity index (χ2n) is 6.04. The zero-order valence-corrected chi connectivity index (χ0v) is 12.6. The number of benzene rings is 1. The topological polar surface area (TPSA) is 15.3 Å². The summed E-state index contributed by atoms with van der Waals surface area (Å²) in [6.07, 6.45) is -2.47. The minimum absolute atomic E-state index is 0.0478. The molecule has 1 fully saturated rings. The monoisotopic (exact) mass is 300 g/mol. The molecular weight excluding hydrogens is 277 g/mol. The predicted molar refractivity (Wildman–Crippen MR) is 78.1 cm³/mol. The van der Waals surface area contributed by atoms with Crippen LogP contribution in [0.1, 0.15) is 32.3 Å². The highest BCUT2D eigenvalue weighted by atomic mass is 19.4. The normalized spacial score (nSPS) is 27.8. The molecule has 21 heavy (non-hydrogen) atoms. The molecule has 1 N–H and O–H groups in total. The van der Waals surface area contributed by atoms with Crippen LogP contribution in [0.3, 0.4) is 0 Å². The lowest BCUT2D eigenvalue weighted by atomic mass is 9.87. The molecule has 0 spiro atoms. The number of hydrogen-bond acceptors (Lipinski definition) is 2. The lowest BCUT2D eigenvalue weighted by Crippen LogP contribution is -2.62. The van der Waals surface area contributed by atoms with Gasteiger partial charge in [0.1, 0.15) is 0 Å². The molecule has 2 unspecified atom stereocenters. The van der Waals surface area contributed by atoms with Crippen molar-refractivity contribution in [3.8, 4) is 0 Å². The Hall–Kier alpha value is -1.07. The quantitative estimate of drug-likeness (QED) is 0.915. The molecule has 1 aliphatic heterocycles. The maximum Gasteiger partial charge on any atom is 0.401 e. The zero-order valence-electron chi connectivity index (χ0n) is 12.6. The average molecular weight is 300 g/mol. The van der Waals surface area contributed by atoms with Crippen LogP contribution in [0, 0.1) is 0 Å². The Kier molecular flexibility index (Phi) is 4.94. The molecular formula is C16H23F3N2. The summed E-state index contributed by atoms with van der Waals surface area (Å²) in [5, 5.41) is 3.45. The van der Waals surface area contributed by atoms with Crippen LogP contribution in [0.5, 0.6) is 0 Å². The number of alkyl halides is 3. The summed E-state index contributed by atoms with van der Waals surface area (Å²) in [6.45, 7) is 4.13. The summed E-state index contributed by atoms with van der Waals surface area (Å²) in [5.41, 5.74) is 0.601. The SMILES string of the molecule is CCCC1CNC(C)(c2ccccc2)CN1CC(F)(F)F. The summed E-state index contributed by atoms with van der Waals surface area (Å²) in [7, 11) is 0. The van der Waals surface area contributed by atoms with Gasteiger partial charge in [0.2, 0.25) is 0 Å². The Bertz CT molecular complexity index is 447. The number of hydrogen-bond donors (Lipinski definition) is 1. The van der Waals surface area contributed by atoms with Gasteiger partial charge >= 0.3 is 6.18 Å². The highest BCUT2D eigenvalue weighted by Crippen LogP contribution is 2.30. The van der Waals surface area contributed by atoms with Crippen molar-refractivity contribution in [2.45, 2.75) is 44.4 Å². The first-order valence-corrected chi connectivity index (χ1v) is 7.45. The van der Waals surface area contributed by atoms with Gasteiger partial charge in [0.05, 0.1) is 12.1 Å². The molecule has 0 aromatic heterocycles. The van der Waals surface area contributed by atoms with Gasteiger partial charge in [0, 0.05) is 19.1 Å². The first-order chi connectivity index (χ1) is 9.84. The smallest absolute Gasteiger partial charge is 0.305 e. The first-order valence-electron chi connectivity index (χ1n) is 7.45. The van der Waals surface area contributed by atoms with Crippen molar-refractivity contribution in [2.75, 3.05) is 19.6 Å². The zero-order chi connectivity index (χ0) is 15.5. The van der Waals surface area contributed by atoms with E-state index in [4.69, 9.17) is 0 Å². The molecule has 2 rings (SSSR count). The fourth-order valence-corrected chi connectivity index (χ4v) is 3.10. The fraction of sp³-hybridized carbons (Fsp3) is 0.625. The minimum Gasteiger partial charge on any atom is -0.305 e. The Balaban J connectivity index is 2.18. The highest BCUT2D eigenvalue weighted by molar-refractivity contribution is 5.25. The second kappa shape index (κ2) is 6.36. The van der Waals surface area contributed by atoms with Crippen LogP contribution in [0.4, 0.5) is 13.2 Å². The van der Waals surface area contributed by atoms with Gasteiger partial charge in [-0.25, -0.2) is 0 Å². The van der Waals surface area contributed by atoms with Gasteiger partial charge in [-0.2, -0.15) is 13.2 Å². The van der Waals surface area contributed by atoms with E-state index >= 15 is 0 Å². The van der Waals surface area contributed by atoms with Crippen LogP contribution in [0.15, 0.2) is 30.3 Å². The number of nitrogens with one attached hydrogen (secondary N) is 1. The van der Waals surface area contributed by atoms with Crippen LogP contribution < -0.4 is 5.32 Å². The molecule has 0 aliphatic carbocycles. The van der Waals surface area contributed by atoms with E-state index in [0.29, 0.717) is 13.1 Å². The molecule has 0 radical (unpaired) electrons. The first kappa shape index (κ1) is 16.3. The van der Waals surface area contributed by atoms with Crippen molar-refractivity contribution in [3.63, 3.8) is 0 Å². The molecule has 1 aliphatic rings. The van der Waals surface area contributed by atoms with E-state index in [1.807, 2.05) is 44.2 Å². The van der Waals surface area contributed by atoms with Crippen molar-refractivity contribution in [2.24, 2.45) is 0 Å². The number of halogens is 3. The van der Waals surface area contributed by atoms with Crippen LogP contribution >= 0.6 is 0 Å². The third-order valence-corrected chi connectivity index (χ3v) is 4.18. The van der Waals surface area contributed by atoms with E-state index in [9.17, 15) is 13.2 Å². The van der Waals surface area contributed by atoms with Crippen molar-refractivity contribution in [1.29, 1.82) is 0 Å². The van der Waals surface area contributed by atoms with Crippen molar-refractivity contribution >= 4 is 0 Å². The van der Waals surface area contributed by atoms with Gasteiger partial charge < -0.3 is 5.32 Å². The lowest BCUT2D eigenvalue weighted by Gasteiger charge is -2.46. The predicted octanol–water partition coefficient (Wildman–Crippen LogP) is 3.54. The number of rotatable bonds is 4. The molecule has 2 atom stereocenters. The van der Waals surface area contributed by atoms with E-state index in [2.05, 4.69) is 5.32 Å². The second-order valence-corrected chi connectivity index (χ2v) is 6.04. The van der Waals surface area contributed by atoms with E-state index < -0.39 is 18.3 Å². The van der Waals surface area contributed by atoms with Gasteiger partial charge in [-0.3, -0.25) is 4.90 Å². The van der Waals surface area contributed by atoms with E-state index in [0.717, 1.165) is 18.4 Å². The summed E-state index contributed by atoms with van der Waals surface area (Å²) >= 11 is 0. The largest absolute Gasteiger partial charge is 0.401 e. The Morgan fingerprint density at radius 2 is 1.95 bits per heavy atom. The summed E-state index contributed by atoms with van der Waals surface area (Å²) in [5.74, 6) is 0. The maximum absolute atomic E-state index is 12.8. The fourth-order valence-electron chi connectivity index (χ4n) is 3.10. The number of piperazine rings is 1. The summed E-state index contributed by atoms with van der Waals surface area (Å²) in [6, 6.07) is 9.66. The van der Waals surface area contributed by atoms with E-state index in [-0.39, 0.29) is 6.04 Å². The third kappa shape index (κ3) is 4.20. The molecule has 1 aromatic rings. The molecule has 1 aromatic carbocycles. The summed E-state index contributed by atoms with van der Waals surface area (Å²) < 4.78 is 38.5. The van der Waals surface area contributed by atoms with E-state index in [1.54, 1.807) is 4.90 Å². The average Bonchev–Trinajstić information content (AvgIpc) is 2.41. The standard InChI is InChI=1S/C16H23F3N2/c1-3-7-14-10-20-15(2,13-8-5-4-6-9-13)11-21(14)12-16(17,18)19/h4-6,8-9,14,20H,3,7,10-12H2,1-2H3. The molecule has 0 bridgehead atoms. The highest BCUT2D eigenvalue weighted by Gasteiger charge is 2.41. The van der Waals surface area contributed by atoms with Gasteiger partial charge in [-0.05, 0) is 18.9 Å². The Morgan fingerprint density at radius 1 is 1.29 bits per heavy atom. The Labute approximate surface area is 124 Å². The van der Waals surface area contributed by atoms with Crippen LogP contribution in [-0.4, -0.2) is 36.8 Å². The molecule has 1 heterocycles. The van der Waals surface area contributed by atoms with Crippen LogP contribution in [0.2, 0.25) is 0 Å². The molecule has 2 nitrogen and oxygen atoms in total. The third-order valence-electron chi connectivity index (χ3n) is 4.18. The molecule has 0 amide bonds. The Morgan fingerprint density at radius 3 is 2.52 bits per heavy atom. The van der Waals surface area contributed by atoms with Gasteiger partial charge in [0.15, 0.2) is 0 Å². The van der Waals surface area contributed by atoms with Crippen molar-refractivity contribution < 1.29 is 13.2 Å². The van der Waals surface area contributed by atoms with Crippen molar-refractivity contribution in [1.82, 2.24) is 10.2 Å². The maximum atomic E-state index is 12.8. The van der Waals surface area contributed by atoms with E-state index in [1.165, 1.54) is 0 Å². The summed E-state index contributed by atoms with van der Waals surface area (Å²) in [4.78, 5) is 1.59. The molecule has 118 valence electrons.